The molecule has 0 bridgehead atoms. The van der Waals surface area contributed by atoms with Gasteiger partial charge in [0.05, 0.1) is 11.6 Å². The molecule has 2 aromatic carbocycles. The number of thiol groups is 1. The molecule has 5 heteroatoms. The van der Waals surface area contributed by atoms with Gasteiger partial charge in [-0.1, -0.05) is 45.7 Å². The molecule has 0 aliphatic rings. The summed E-state index contributed by atoms with van der Waals surface area (Å²) in [4.78, 5) is 14.9. The van der Waals surface area contributed by atoms with Crippen molar-refractivity contribution < 1.29 is 4.79 Å². The van der Waals surface area contributed by atoms with E-state index >= 15 is 0 Å². The molecule has 0 aliphatic carbocycles. The second-order valence-corrected chi connectivity index (χ2v) is 6.58. The van der Waals surface area contributed by atoms with Gasteiger partial charge in [0.2, 0.25) is 0 Å². The molecule has 0 radical (unpaired) electrons. The molecule has 0 aliphatic heterocycles. The first-order valence-electron chi connectivity index (χ1n) is 6.42. The van der Waals surface area contributed by atoms with Gasteiger partial charge in [-0.2, -0.15) is 0 Å². The molecular formula is C16H15BrClNOS. The predicted molar refractivity (Wildman–Crippen MR) is 93.4 cm³/mol. The number of amides is 1. The van der Waals surface area contributed by atoms with Crippen LogP contribution in [0.5, 0.6) is 0 Å². The molecule has 2 rings (SSSR count). The van der Waals surface area contributed by atoms with E-state index in [4.69, 9.17) is 11.6 Å². The third-order valence-electron chi connectivity index (χ3n) is 3.45. The highest BCUT2D eigenvalue weighted by atomic mass is 79.9. The first kappa shape index (κ1) is 16.4. The number of hydrogen-bond donors (Lipinski definition) is 1. The number of nitrogens with zero attached hydrogens (tertiary/aromatic N) is 1. The molecule has 1 unspecified atom stereocenters. The van der Waals surface area contributed by atoms with Crippen LogP contribution in [0.3, 0.4) is 0 Å². The van der Waals surface area contributed by atoms with Crippen LogP contribution in [0.25, 0.3) is 0 Å². The van der Waals surface area contributed by atoms with E-state index in [0.29, 0.717) is 15.5 Å². The SMILES string of the molecule is CC(c1ccccc1Cl)N(C)C(=O)c1ccc(Br)cc1S. The van der Waals surface area contributed by atoms with Crippen LogP contribution in [-0.2, 0) is 0 Å². The number of hydrogen-bond acceptors (Lipinski definition) is 2. The molecule has 1 amide bonds. The summed E-state index contributed by atoms with van der Waals surface area (Å²) < 4.78 is 0.894. The zero-order valence-corrected chi connectivity index (χ0v) is 14.9. The van der Waals surface area contributed by atoms with E-state index < -0.39 is 0 Å². The second kappa shape index (κ2) is 6.86. The third-order valence-corrected chi connectivity index (χ3v) is 4.65. The summed E-state index contributed by atoms with van der Waals surface area (Å²) in [7, 11) is 1.77. The Bertz CT molecular complexity index is 677. The lowest BCUT2D eigenvalue weighted by Gasteiger charge is -2.26. The van der Waals surface area contributed by atoms with Crippen LogP contribution in [0.15, 0.2) is 51.8 Å². The van der Waals surface area contributed by atoms with E-state index in [1.165, 1.54) is 0 Å². The van der Waals surface area contributed by atoms with Crippen LogP contribution >= 0.6 is 40.2 Å². The lowest BCUT2D eigenvalue weighted by atomic mass is 10.1. The van der Waals surface area contributed by atoms with Crippen LogP contribution < -0.4 is 0 Å². The standard InChI is InChI=1S/C16H15BrClNOS/c1-10(12-5-3-4-6-14(12)18)19(2)16(20)13-8-7-11(17)9-15(13)21/h3-10,21H,1-2H3. The quantitative estimate of drug-likeness (QED) is 0.719. The summed E-state index contributed by atoms with van der Waals surface area (Å²) in [5.41, 5.74) is 1.50. The van der Waals surface area contributed by atoms with Crippen LogP contribution in [0.1, 0.15) is 28.9 Å². The van der Waals surface area contributed by atoms with Crippen molar-refractivity contribution in [1.82, 2.24) is 4.90 Å². The minimum absolute atomic E-state index is 0.0834. The lowest BCUT2D eigenvalue weighted by Crippen LogP contribution is -2.30. The van der Waals surface area contributed by atoms with Crippen molar-refractivity contribution in [2.75, 3.05) is 7.05 Å². The van der Waals surface area contributed by atoms with E-state index in [9.17, 15) is 4.79 Å². The number of rotatable bonds is 3. The Morgan fingerprint density at radius 2 is 1.95 bits per heavy atom. The average molecular weight is 385 g/mol. The Labute approximate surface area is 143 Å². The van der Waals surface area contributed by atoms with Gasteiger partial charge in [0.1, 0.15) is 0 Å². The minimum Gasteiger partial charge on any atom is -0.335 e. The van der Waals surface area contributed by atoms with Gasteiger partial charge in [0.25, 0.3) is 5.91 Å². The Balaban J connectivity index is 2.29. The summed E-state index contributed by atoms with van der Waals surface area (Å²) in [6.45, 7) is 1.95. The average Bonchev–Trinajstić information content (AvgIpc) is 2.45. The molecule has 110 valence electrons. The van der Waals surface area contributed by atoms with E-state index in [1.54, 1.807) is 18.0 Å². The Morgan fingerprint density at radius 1 is 1.29 bits per heavy atom. The molecule has 0 heterocycles. The van der Waals surface area contributed by atoms with Crippen LogP contribution in [-0.4, -0.2) is 17.9 Å². The summed E-state index contributed by atoms with van der Waals surface area (Å²) in [5.74, 6) is -0.0834. The van der Waals surface area contributed by atoms with Gasteiger partial charge >= 0.3 is 0 Å². The van der Waals surface area contributed by atoms with Crippen molar-refractivity contribution in [1.29, 1.82) is 0 Å². The van der Waals surface area contributed by atoms with Gasteiger partial charge in [-0.05, 0) is 36.8 Å². The smallest absolute Gasteiger partial charge is 0.255 e. The van der Waals surface area contributed by atoms with E-state index in [-0.39, 0.29) is 11.9 Å². The number of carbonyl (C=O) groups excluding carboxylic acids is 1. The molecule has 0 aromatic heterocycles. The zero-order valence-electron chi connectivity index (χ0n) is 11.7. The van der Waals surface area contributed by atoms with Gasteiger partial charge in [-0.25, -0.2) is 0 Å². The molecule has 0 fully saturated rings. The topological polar surface area (TPSA) is 20.3 Å². The highest BCUT2D eigenvalue weighted by Gasteiger charge is 2.21. The monoisotopic (exact) mass is 383 g/mol. The molecule has 0 saturated heterocycles. The van der Waals surface area contributed by atoms with E-state index in [1.807, 2.05) is 43.3 Å². The molecule has 21 heavy (non-hydrogen) atoms. The third kappa shape index (κ3) is 3.62. The van der Waals surface area contributed by atoms with Crippen LogP contribution in [0.4, 0.5) is 0 Å². The van der Waals surface area contributed by atoms with Gasteiger partial charge in [-0.15, -0.1) is 12.6 Å². The summed E-state index contributed by atoms with van der Waals surface area (Å²) >= 11 is 13.9. The fraction of sp³-hybridized carbons (Fsp3) is 0.188. The number of halogens is 2. The van der Waals surface area contributed by atoms with Crippen LogP contribution in [0, 0.1) is 0 Å². The maximum Gasteiger partial charge on any atom is 0.255 e. The van der Waals surface area contributed by atoms with Crippen LogP contribution in [0.2, 0.25) is 5.02 Å². The Hall–Kier alpha value is -0.970. The Morgan fingerprint density at radius 3 is 2.57 bits per heavy atom. The van der Waals surface area contributed by atoms with Crippen molar-refractivity contribution in [3.63, 3.8) is 0 Å². The minimum atomic E-state index is -0.123. The molecule has 0 N–H and O–H groups in total. The maximum atomic E-state index is 12.6. The summed E-state index contributed by atoms with van der Waals surface area (Å²) in [5, 5.41) is 0.659. The van der Waals surface area contributed by atoms with E-state index in [2.05, 4.69) is 28.6 Å². The molecular weight excluding hydrogens is 370 g/mol. The largest absolute Gasteiger partial charge is 0.335 e. The first-order valence-corrected chi connectivity index (χ1v) is 8.03. The maximum absolute atomic E-state index is 12.6. The van der Waals surface area contributed by atoms with Gasteiger partial charge in [0, 0.05) is 21.4 Å². The first-order chi connectivity index (χ1) is 9.91. The highest BCUT2D eigenvalue weighted by molar-refractivity contribution is 9.10. The molecule has 2 aromatic rings. The number of carbonyl (C=O) groups is 1. The van der Waals surface area contributed by atoms with Crippen molar-refractivity contribution in [2.45, 2.75) is 17.9 Å². The fourth-order valence-electron chi connectivity index (χ4n) is 2.07. The van der Waals surface area contributed by atoms with Gasteiger partial charge in [0.15, 0.2) is 0 Å². The summed E-state index contributed by atoms with van der Waals surface area (Å²) in [6, 6.07) is 12.8. The normalized spacial score (nSPS) is 12.0. The van der Waals surface area contributed by atoms with Crippen molar-refractivity contribution in [3.05, 3.63) is 63.1 Å². The van der Waals surface area contributed by atoms with Gasteiger partial charge in [-0.3, -0.25) is 4.79 Å². The molecule has 0 saturated carbocycles. The van der Waals surface area contributed by atoms with Crippen molar-refractivity contribution in [3.8, 4) is 0 Å². The summed E-state index contributed by atoms with van der Waals surface area (Å²) in [6.07, 6.45) is 0. The highest BCUT2D eigenvalue weighted by Crippen LogP contribution is 2.28. The van der Waals surface area contributed by atoms with Crippen molar-refractivity contribution in [2.24, 2.45) is 0 Å². The number of benzene rings is 2. The van der Waals surface area contributed by atoms with Crippen molar-refractivity contribution >= 4 is 46.1 Å². The van der Waals surface area contributed by atoms with Gasteiger partial charge < -0.3 is 4.90 Å². The van der Waals surface area contributed by atoms with E-state index in [0.717, 1.165) is 10.0 Å². The fourth-order valence-corrected chi connectivity index (χ4v) is 3.21. The molecule has 0 spiro atoms. The predicted octanol–water partition coefficient (Wildman–Crippen LogP) is 5.22. The zero-order chi connectivity index (χ0) is 15.6. The molecule has 1 atom stereocenters. The second-order valence-electron chi connectivity index (χ2n) is 4.78. The Kier molecular flexibility index (Phi) is 5.36. The molecule has 2 nitrogen and oxygen atoms in total. The lowest BCUT2D eigenvalue weighted by molar-refractivity contribution is 0.0739.